The molecule has 4 heterocycles. The van der Waals surface area contributed by atoms with Gasteiger partial charge in [0.05, 0.1) is 12.5 Å². The van der Waals surface area contributed by atoms with E-state index in [1.807, 2.05) is 32.3 Å². The van der Waals surface area contributed by atoms with Gasteiger partial charge < -0.3 is 18.9 Å². The van der Waals surface area contributed by atoms with Crippen molar-refractivity contribution in [1.82, 2.24) is 24.0 Å². The van der Waals surface area contributed by atoms with Crippen LogP contribution >= 0.6 is 0 Å². The highest BCUT2D eigenvalue weighted by Gasteiger charge is 2.37. The molecule has 3 atom stereocenters. The molecule has 10 nitrogen and oxygen atoms in total. The van der Waals surface area contributed by atoms with Gasteiger partial charge in [-0.15, -0.1) is 0 Å². The molecule has 2 aliphatic heterocycles. The summed E-state index contributed by atoms with van der Waals surface area (Å²) in [5.74, 6) is 1.80. The first kappa shape index (κ1) is 26.9. The molecule has 1 aromatic carbocycles. The van der Waals surface area contributed by atoms with Crippen molar-refractivity contribution in [3.8, 4) is 17.6 Å². The number of fused-ring (bicyclic) bond motifs is 2. The highest BCUT2D eigenvalue weighted by atomic mass is 19.1. The number of hydrogen-bond donors (Lipinski definition) is 0. The van der Waals surface area contributed by atoms with Crippen molar-refractivity contribution in [1.29, 1.82) is 5.26 Å². The van der Waals surface area contributed by atoms with Gasteiger partial charge in [0.1, 0.15) is 35.0 Å². The Balaban J connectivity index is 1.47. The van der Waals surface area contributed by atoms with E-state index >= 15 is 4.39 Å². The first-order valence-corrected chi connectivity index (χ1v) is 13.5. The van der Waals surface area contributed by atoms with Crippen molar-refractivity contribution >= 4 is 17.0 Å². The molecule has 0 bridgehead atoms. The number of piperazine rings is 1. The number of nitrogens with zero attached hydrogens (tertiary/aromatic N) is 7. The minimum atomic E-state index is -0.484. The highest BCUT2D eigenvalue weighted by Crippen LogP contribution is 2.40. The smallest absolute Gasteiger partial charge is 0.350 e. The van der Waals surface area contributed by atoms with Gasteiger partial charge >= 0.3 is 5.69 Å². The fraction of sp³-hybridized carbons (Fsp3) is 0.571. The van der Waals surface area contributed by atoms with Gasteiger partial charge in [-0.05, 0) is 47.6 Å². The van der Waals surface area contributed by atoms with Crippen molar-refractivity contribution < 1.29 is 13.9 Å². The monoisotopic (exact) mass is 537 g/mol. The van der Waals surface area contributed by atoms with E-state index in [4.69, 9.17) is 14.5 Å². The number of imidazole rings is 1. The van der Waals surface area contributed by atoms with Crippen LogP contribution in [0.3, 0.4) is 0 Å². The van der Waals surface area contributed by atoms with Crippen LogP contribution in [0.15, 0.2) is 16.9 Å². The summed E-state index contributed by atoms with van der Waals surface area (Å²) in [6.07, 6.45) is 0.145. The molecule has 2 aliphatic rings. The average Bonchev–Trinajstić information content (AvgIpc) is 3.25. The van der Waals surface area contributed by atoms with E-state index in [9.17, 15) is 10.1 Å². The number of anilines is 1. The van der Waals surface area contributed by atoms with Crippen LogP contribution in [-0.4, -0.2) is 61.4 Å². The summed E-state index contributed by atoms with van der Waals surface area (Å²) in [7, 11) is 1.68. The zero-order valence-corrected chi connectivity index (χ0v) is 23.7. The van der Waals surface area contributed by atoms with Crippen molar-refractivity contribution in [2.75, 3.05) is 24.6 Å². The quantitative estimate of drug-likeness (QED) is 0.487. The van der Waals surface area contributed by atoms with Gasteiger partial charge in [-0.25, -0.2) is 14.2 Å². The van der Waals surface area contributed by atoms with E-state index in [0.717, 1.165) is 0 Å². The third-order valence-corrected chi connectivity index (χ3v) is 7.87. The summed E-state index contributed by atoms with van der Waals surface area (Å²) in [4.78, 5) is 26.5. The summed E-state index contributed by atoms with van der Waals surface area (Å²) in [6, 6.07) is 5.13. The lowest BCUT2D eigenvalue weighted by atomic mass is 9.99. The van der Waals surface area contributed by atoms with Crippen LogP contribution in [0.5, 0.6) is 11.5 Å². The predicted molar refractivity (Wildman–Crippen MR) is 146 cm³/mol. The third kappa shape index (κ3) is 4.61. The number of halogens is 1. The molecular weight excluding hydrogens is 501 g/mol. The van der Waals surface area contributed by atoms with Gasteiger partial charge in [0.15, 0.2) is 17.3 Å². The summed E-state index contributed by atoms with van der Waals surface area (Å²) in [5, 5.41) is 9.32. The Bertz CT molecular complexity index is 1520. The molecule has 0 spiro atoms. The van der Waals surface area contributed by atoms with Gasteiger partial charge in [0.25, 0.3) is 0 Å². The fourth-order valence-electron chi connectivity index (χ4n) is 5.84. The van der Waals surface area contributed by atoms with E-state index in [0.29, 0.717) is 66.1 Å². The lowest BCUT2D eigenvalue weighted by molar-refractivity contribution is 0.0205. The second-order valence-electron chi connectivity index (χ2n) is 11.3. The van der Waals surface area contributed by atoms with Gasteiger partial charge in [0, 0.05) is 56.4 Å². The summed E-state index contributed by atoms with van der Waals surface area (Å²) < 4.78 is 30.5. The topological polar surface area (TPSA) is 101 Å². The standard InChI is InChI=1S/C28H36FN7O3/c1-8-34-23(9-10-30)31-24-25(32-27(37)33(7)26(24)34)36-14-16(2)35(13-17(36)3)18(4)19-11-22-21(12-20(19)29)38-15-28(5,6)39-22/h11-12,16-18H,8-9,13-15H2,1-7H3/t16-,17+,18?/m1/s1. The van der Waals surface area contributed by atoms with Gasteiger partial charge in [-0.1, -0.05) is 0 Å². The maximum atomic E-state index is 15.3. The van der Waals surface area contributed by atoms with Gasteiger partial charge in [-0.2, -0.15) is 10.2 Å². The molecule has 0 saturated carbocycles. The van der Waals surface area contributed by atoms with E-state index in [-0.39, 0.29) is 36.1 Å². The number of aromatic nitrogens is 4. The Morgan fingerprint density at radius 1 is 1.21 bits per heavy atom. The molecule has 1 fully saturated rings. The van der Waals surface area contributed by atoms with E-state index < -0.39 is 5.60 Å². The molecule has 0 N–H and O–H groups in total. The largest absolute Gasteiger partial charge is 0.485 e. The van der Waals surface area contributed by atoms with Crippen LogP contribution in [-0.2, 0) is 20.0 Å². The molecule has 0 aliphatic carbocycles. The van der Waals surface area contributed by atoms with Crippen molar-refractivity contribution in [3.63, 3.8) is 0 Å². The lowest BCUT2D eigenvalue weighted by Crippen LogP contribution is -2.57. The normalized spacial score (nSPS) is 21.7. The molecule has 1 saturated heterocycles. The van der Waals surface area contributed by atoms with Gasteiger partial charge in [-0.3, -0.25) is 9.47 Å². The average molecular weight is 538 g/mol. The number of rotatable bonds is 5. The van der Waals surface area contributed by atoms with Crippen LogP contribution in [0.1, 0.15) is 59.0 Å². The number of hydrogen-bond acceptors (Lipinski definition) is 8. The molecule has 2 aromatic heterocycles. The maximum Gasteiger partial charge on any atom is 0.350 e. The zero-order valence-electron chi connectivity index (χ0n) is 23.7. The minimum Gasteiger partial charge on any atom is -0.485 e. The molecule has 1 unspecified atom stereocenters. The Morgan fingerprint density at radius 2 is 1.95 bits per heavy atom. The molecular formula is C28H36FN7O3. The Kier molecular flexibility index (Phi) is 6.79. The van der Waals surface area contributed by atoms with E-state index in [1.54, 1.807) is 13.1 Å². The minimum absolute atomic E-state index is 0.0213. The molecule has 11 heteroatoms. The first-order chi connectivity index (χ1) is 18.5. The molecule has 0 radical (unpaired) electrons. The van der Waals surface area contributed by atoms with Crippen LogP contribution in [0.4, 0.5) is 10.2 Å². The van der Waals surface area contributed by atoms with Crippen molar-refractivity contribution in [3.05, 3.63) is 39.8 Å². The number of nitriles is 1. The Labute approximate surface area is 227 Å². The molecule has 39 heavy (non-hydrogen) atoms. The third-order valence-electron chi connectivity index (χ3n) is 7.87. The van der Waals surface area contributed by atoms with Crippen molar-refractivity contribution in [2.45, 2.75) is 78.2 Å². The second kappa shape index (κ2) is 9.83. The molecule has 3 aromatic rings. The second-order valence-corrected chi connectivity index (χ2v) is 11.3. The van der Waals surface area contributed by atoms with Gasteiger partial charge in [0.2, 0.25) is 0 Å². The van der Waals surface area contributed by atoms with Crippen LogP contribution < -0.4 is 20.1 Å². The number of benzene rings is 1. The lowest BCUT2D eigenvalue weighted by Gasteiger charge is -2.47. The highest BCUT2D eigenvalue weighted by molar-refractivity contribution is 5.84. The maximum absolute atomic E-state index is 15.3. The first-order valence-electron chi connectivity index (χ1n) is 13.5. The van der Waals surface area contributed by atoms with Crippen molar-refractivity contribution in [2.24, 2.45) is 7.05 Å². The fourth-order valence-corrected chi connectivity index (χ4v) is 5.84. The Morgan fingerprint density at radius 3 is 2.64 bits per heavy atom. The van der Waals surface area contributed by atoms with Crippen LogP contribution in [0, 0.1) is 17.1 Å². The molecule has 208 valence electrons. The van der Waals surface area contributed by atoms with E-state index in [1.165, 1.54) is 10.6 Å². The summed E-state index contributed by atoms with van der Waals surface area (Å²) in [5.41, 5.74) is 0.980. The van der Waals surface area contributed by atoms with E-state index in [2.05, 4.69) is 34.7 Å². The Hall–Kier alpha value is -3.65. The number of aryl methyl sites for hydroxylation is 2. The molecule has 0 amide bonds. The SMILES string of the molecule is CCn1c(CC#N)nc2c(N3C[C@@H](C)N(C(C)c4cc5c(cc4F)OCC(C)(C)O5)C[C@@H]3C)nc(=O)n(C)c21. The summed E-state index contributed by atoms with van der Waals surface area (Å²) in [6.45, 7) is 14.2. The van der Waals surface area contributed by atoms with Crippen LogP contribution in [0.2, 0.25) is 0 Å². The zero-order chi connectivity index (χ0) is 28.2. The molecule has 5 rings (SSSR count). The summed E-state index contributed by atoms with van der Waals surface area (Å²) >= 11 is 0. The number of ether oxygens (including phenoxy) is 2. The van der Waals surface area contributed by atoms with Crippen LogP contribution in [0.25, 0.3) is 11.2 Å². The predicted octanol–water partition coefficient (Wildman–Crippen LogP) is 3.57.